The van der Waals surface area contributed by atoms with Crippen molar-refractivity contribution in [3.8, 4) is 0 Å². The molecule has 5 heteroatoms. The fourth-order valence-corrected chi connectivity index (χ4v) is 4.19. The van der Waals surface area contributed by atoms with Crippen molar-refractivity contribution in [3.05, 3.63) is 66.0 Å². The van der Waals surface area contributed by atoms with Gasteiger partial charge in [0.05, 0.1) is 0 Å². The highest BCUT2D eigenvalue weighted by Gasteiger charge is 2.37. The highest BCUT2D eigenvalue weighted by molar-refractivity contribution is 8.00. The Bertz CT molecular complexity index is 722. The Hall–Kier alpha value is -1.85. The molecule has 1 amide bonds. The third-order valence-electron chi connectivity index (χ3n) is 4.76. The molecule has 25 heavy (non-hydrogen) atoms. The van der Waals surface area contributed by atoms with Crippen LogP contribution in [0.5, 0.6) is 0 Å². The Morgan fingerprint density at radius 2 is 1.92 bits per heavy atom. The van der Waals surface area contributed by atoms with Crippen LogP contribution in [0.25, 0.3) is 0 Å². The molecular weight excluding hydrogens is 335 g/mol. The third-order valence-corrected chi connectivity index (χ3v) is 6.01. The lowest BCUT2D eigenvalue weighted by atomic mass is 9.90. The number of nitrogens with zero attached hydrogens (tertiary/aromatic N) is 1. The van der Waals surface area contributed by atoms with Gasteiger partial charge < -0.3 is 10.6 Å². The molecular formula is C20H23FN2OS. The van der Waals surface area contributed by atoms with Gasteiger partial charge in [-0.2, -0.15) is 0 Å². The molecule has 1 aliphatic rings. The van der Waals surface area contributed by atoms with Gasteiger partial charge in [0.25, 0.3) is 0 Å². The Balaban J connectivity index is 1.84. The summed E-state index contributed by atoms with van der Waals surface area (Å²) in [7, 11) is 0. The standard InChI is InChI=1S/C20H23FN2OS/c1-20(13-22)11-12-23(14-20)19(24)18(15-5-3-2-4-6-15)25-17-9-7-16(21)8-10-17/h2-10,18H,11-14,22H2,1H3. The topological polar surface area (TPSA) is 46.3 Å². The van der Waals surface area contributed by atoms with E-state index in [1.807, 2.05) is 35.2 Å². The molecule has 132 valence electrons. The van der Waals surface area contributed by atoms with Crippen molar-refractivity contribution in [2.45, 2.75) is 23.5 Å². The van der Waals surface area contributed by atoms with Crippen LogP contribution in [0, 0.1) is 11.2 Å². The smallest absolute Gasteiger partial charge is 0.240 e. The minimum atomic E-state index is -0.341. The van der Waals surface area contributed by atoms with Crippen LogP contribution in [0.1, 0.15) is 24.2 Å². The minimum absolute atomic E-state index is 0.00254. The van der Waals surface area contributed by atoms with Gasteiger partial charge in [0.2, 0.25) is 5.91 Å². The normalized spacial score (nSPS) is 21.3. The van der Waals surface area contributed by atoms with E-state index in [2.05, 4.69) is 6.92 Å². The van der Waals surface area contributed by atoms with Gasteiger partial charge in [-0.15, -0.1) is 11.8 Å². The van der Waals surface area contributed by atoms with Crippen molar-refractivity contribution in [2.75, 3.05) is 19.6 Å². The van der Waals surface area contributed by atoms with Gasteiger partial charge in [-0.05, 0) is 48.2 Å². The molecule has 3 nitrogen and oxygen atoms in total. The van der Waals surface area contributed by atoms with E-state index in [1.54, 1.807) is 12.1 Å². The molecule has 3 rings (SSSR count). The van der Waals surface area contributed by atoms with Crippen LogP contribution in [0.4, 0.5) is 4.39 Å². The quantitative estimate of drug-likeness (QED) is 0.826. The Morgan fingerprint density at radius 3 is 2.52 bits per heavy atom. The van der Waals surface area contributed by atoms with Gasteiger partial charge in [-0.1, -0.05) is 37.3 Å². The van der Waals surface area contributed by atoms with Crippen molar-refractivity contribution in [2.24, 2.45) is 11.1 Å². The van der Waals surface area contributed by atoms with E-state index in [4.69, 9.17) is 5.73 Å². The number of thioether (sulfide) groups is 1. The Kier molecular flexibility index (Phi) is 5.45. The van der Waals surface area contributed by atoms with E-state index in [1.165, 1.54) is 23.9 Å². The van der Waals surface area contributed by atoms with Gasteiger partial charge in [0, 0.05) is 18.0 Å². The lowest BCUT2D eigenvalue weighted by Crippen LogP contribution is -2.36. The molecule has 0 radical (unpaired) electrons. The lowest BCUT2D eigenvalue weighted by molar-refractivity contribution is -0.130. The van der Waals surface area contributed by atoms with Gasteiger partial charge in [0.1, 0.15) is 11.1 Å². The number of carbonyl (C=O) groups excluding carboxylic acids is 1. The third kappa shape index (κ3) is 4.22. The number of halogens is 1. The van der Waals surface area contributed by atoms with Gasteiger partial charge >= 0.3 is 0 Å². The molecule has 2 N–H and O–H groups in total. The monoisotopic (exact) mass is 358 g/mol. The van der Waals surface area contributed by atoms with Gasteiger partial charge in [-0.25, -0.2) is 4.39 Å². The Morgan fingerprint density at radius 1 is 1.24 bits per heavy atom. The van der Waals surface area contributed by atoms with E-state index in [-0.39, 0.29) is 22.4 Å². The van der Waals surface area contributed by atoms with Crippen LogP contribution in [0.15, 0.2) is 59.5 Å². The SMILES string of the molecule is CC1(CN)CCN(C(=O)C(Sc2ccc(F)cc2)c2ccccc2)C1. The second-order valence-electron chi connectivity index (χ2n) is 6.89. The fourth-order valence-electron chi connectivity index (χ4n) is 3.08. The number of benzene rings is 2. The molecule has 0 saturated carbocycles. The first-order valence-electron chi connectivity index (χ1n) is 8.47. The van der Waals surface area contributed by atoms with Crippen LogP contribution in [-0.2, 0) is 4.79 Å². The van der Waals surface area contributed by atoms with E-state index in [0.717, 1.165) is 23.4 Å². The maximum absolute atomic E-state index is 13.2. The van der Waals surface area contributed by atoms with E-state index < -0.39 is 0 Å². The summed E-state index contributed by atoms with van der Waals surface area (Å²) in [6, 6.07) is 16.0. The number of carbonyl (C=O) groups is 1. The van der Waals surface area contributed by atoms with E-state index in [0.29, 0.717) is 13.1 Å². The van der Waals surface area contributed by atoms with Gasteiger partial charge in [0.15, 0.2) is 0 Å². The highest BCUT2D eigenvalue weighted by atomic mass is 32.2. The molecule has 0 bridgehead atoms. The van der Waals surface area contributed by atoms with Crippen LogP contribution in [0.2, 0.25) is 0 Å². The van der Waals surface area contributed by atoms with Crippen LogP contribution in [-0.4, -0.2) is 30.4 Å². The minimum Gasteiger partial charge on any atom is -0.341 e. The number of hydrogen-bond acceptors (Lipinski definition) is 3. The van der Waals surface area contributed by atoms with Crippen LogP contribution in [0.3, 0.4) is 0 Å². The molecule has 0 spiro atoms. The number of amides is 1. The molecule has 2 aromatic carbocycles. The van der Waals surface area contributed by atoms with Crippen molar-refractivity contribution in [1.29, 1.82) is 0 Å². The molecule has 2 aromatic rings. The van der Waals surface area contributed by atoms with E-state index in [9.17, 15) is 9.18 Å². The highest BCUT2D eigenvalue weighted by Crippen LogP contribution is 2.39. The summed E-state index contributed by atoms with van der Waals surface area (Å²) < 4.78 is 13.2. The molecule has 0 aliphatic carbocycles. The number of hydrogen-bond donors (Lipinski definition) is 1. The summed E-state index contributed by atoms with van der Waals surface area (Å²) in [5.74, 6) is -0.178. The van der Waals surface area contributed by atoms with Crippen molar-refractivity contribution < 1.29 is 9.18 Å². The van der Waals surface area contributed by atoms with Crippen molar-refractivity contribution >= 4 is 17.7 Å². The number of nitrogens with two attached hydrogens (primary N) is 1. The average molecular weight is 358 g/mol. The largest absolute Gasteiger partial charge is 0.341 e. The summed E-state index contributed by atoms with van der Waals surface area (Å²) in [5, 5.41) is -0.341. The molecule has 1 heterocycles. The summed E-state index contributed by atoms with van der Waals surface area (Å²) in [6.45, 7) is 4.14. The van der Waals surface area contributed by atoms with Gasteiger partial charge in [-0.3, -0.25) is 4.79 Å². The van der Waals surface area contributed by atoms with Crippen LogP contribution < -0.4 is 5.73 Å². The maximum atomic E-state index is 13.2. The predicted molar refractivity (Wildman–Crippen MR) is 99.8 cm³/mol. The molecule has 0 aromatic heterocycles. The second-order valence-corrected chi connectivity index (χ2v) is 8.07. The zero-order valence-electron chi connectivity index (χ0n) is 14.3. The van der Waals surface area contributed by atoms with Crippen molar-refractivity contribution in [1.82, 2.24) is 4.90 Å². The molecule has 1 saturated heterocycles. The number of rotatable bonds is 5. The molecule has 1 aliphatic heterocycles. The van der Waals surface area contributed by atoms with Crippen molar-refractivity contribution in [3.63, 3.8) is 0 Å². The zero-order valence-corrected chi connectivity index (χ0v) is 15.1. The average Bonchev–Trinajstić information content (AvgIpc) is 3.04. The molecule has 2 atom stereocenters. The molecule has 1 fully saturated rings. The van der Waals surface area contributed by atoms with E-state index >= 15 is 0 Å². The Labute approximate surface area is 152 Å². The summed E-state index contributed by atoms with van der Waals surface area (Å²) in [5.41, 5.74) is 6.84. The second kappa shape index (κ2) is 7.58. The predicted octanol–water partition coefficient (Wildman–Crippen LogP) is 3.86. The number of likely N-dealkylation sites (tertiary alicyclic amines) is 1. The summed E-state index contributed by atoms with van der Waals surface area (Å²) >= 11 is 1.46. The lowest BCUT2D eigenvalue weighted by Gasteiger charge is -2.26. The fraction of sp³-hybridized carbons (Fsp3) is 0.350. The first-order chi connectivity index (χ1) is 12.0. The van der Waals surface area contributed by atoms with Crippen LogP contribution >= 0.6 is 11.8 Å². The molecule has 2 unspecified atom stereocenters. The maximum Gasteiger partial charge on any atom is 0.240 e. The summed E-state index contributed by atoms with van der Waals surface area (Å²) in [4.78, 5) is 16.0. The first-order valence-corrected chi connectivity index (χ1v) is 9.35. The summed E-state index contributed by atoms with van der Waals surface area (Å²) in [6.07, 6.45) is 0.929. The first kappa shape index (κ1) is 18.0. The zero-order chi connectivity index (χ0) is 17.9.